The molecule has 1 fully saturated rings. The summed E-state index contributed by atoms with van der Waals surface area (Å²) in [5.74, 6) is 2.15. The minimum absolute atomic E-state index is 0.0625. The molecule has 26 heavy (non-hydrogen) atoms. The summed E-state index contributed by atoms with van der Waals surface area (Å²) < 4.78 is 15.9. The molecular weight excluding hydrogens is 334 g/mol. The molecule has 0 atom stereocenters. The predicted molar refractivity (Wildman–Crippen MR) is 94.3 cm³/mol. The molecule has 1 aromatic carbocycles. The first-order valence-electron chi connectivity index (χ1n) is 8.95. The van der Waals surface area contributed by atoms with Gasteiger partial charge in [0, 0.05) is 36.8 Å². The number of hydrogen-bond acceptors (Lipinski definition) is 6. The highest BCUT2D eigenvalue weighted by Gasteiger charge is 2.24. The van der Waals surface area contributed by atoms with Crippen molar-refractivity contribution in [2.45, 2.75) is 39.3 Å². The largest absolute Gasteiger partial charge is 0.454 e. The lowest BCUT2D eigenvalue weighted by atomic mass is 10.0. The number of carbonyl (C=O) groups is 1. The third-order valence-corrected chi connectivity index (χ3v) is 5.12. The topological polar surface area (TPSA) is 76.8 Å². The Balaban J connectivity index is 1.30. The van der Waals surface area contributed by atoms with Crippen molar-refractivity contribution in [3.63, 3.8) is 0 Å². The number of ether oxygens (including phenoxy) is 2. The fourth-order valence-corrected chi connectivity index (χ4v) is 3.49. The minimum Gasteiger partial charge on any atom is -0.454 e. The summed E-state index contributed by atoms with van der Waals surface area (Å²) in [6.45, 7) is 6.87. The van der Waals surface area contributed by atoms with Crippen LogP contribution in [0.4, 0.5) is 0 Å². The van der Waals surface area contributed by atoms with Gasteiger partial charge in [0.15, 0.2) is 11.5 Å². The first kappa shape index (κ1) is 16.9. The molecule has 7 nitrogen and oxygen atoms in total. The van der Waals surface area contributed by atoms with Gasteiger partial charge in [0.05, 0.1) is 5.69 Å². The molecule has 2 aliphatic rings. The molecule has 2 aliphatic heterocycles. The molecular formula is C19H23N3O4. The summed E-state index contributed by atoms with van der Waals surface area (Å²) in [5, 5.41) is 7.15. The molecule has 138 valence electrons. The Labute approximate surface area is 152 Å². The van der Waals surface area contributed by atoms with Crippen LogP contribution >= 0.6 is 0 Å². The van der Waals surface area contributed by atoms with E-state index in [1.165, 1.54) is 5.56 Å². The summed E-state index contributed by atoms with van der Waals surface area (Å²) in [7, 11) is 0. The van der Waals surface area contributed by atoms with Gasteiger partial charge in [-0.05, 0) is 44.9 Å². The number of fused-ring (bicyclic) bond motifs is 1. The number of likely N-dealkylation sites (tertiary alicyclic amines) is 1. The maximum atomic E-state index is 12.5. The first-order valence-corrected chi connectivity index (χ1v) is 8.95. The third kappa shape index (κ3) is 3.39. The second-order valence-corrected chi connectivity index (χ2v) is 6.89. The van der Waals surface area contributed by atoms with Crippen LogP contribution in [-0.2, 0) is 6.54 Å². The van der Waals surface area contributed by atoms with Crippen LogP contribution in [0, 0.1) is 13.8 Å². The fraction of sp³-hybridized carbons (Fsp3) is 0.474. The third-order valence-electron chi connectivity index (χ3n) is 5.12. The van der Waals surface area contributed by atoms with Crippen molar-refractivity contribution >= 4 is 5.91 Å². The Hall–Kier alpha value is -2.54. The van der Waals surface area contributed by atoms with Gasteiger partial charge in [-0.25, -0.2) is 0 Å². The van der Waals surface area contributed by atoms with Crippen molar-refractivity contribution in [3.05, 3.63) is 40.8 Å². The lowest BCUT2D eigenvalue weighted by Gasteiger charge is -2.32. The van der Waals surface area contributed by atoms with Crippen molar-refractivity contribution < 1.29 is 18.8 Å². The monoisotopic (exact) mass is 357 g/mol. The maximum Gasteiger partial charge on any atom is 0.251 e. The van der Waals surface area contributed by atoms with E-state index in [9.17, 15) is 4.79 Å². The number of carbonyl (C=O) groups excluding carboxylic acids is 1. The molecule has 2 aromatic rings. The van der Waals surface area contributed by atoms with Crippen LogP contribution in [0.1, 0.15) is 40.2 Å². The zero-order valence-corrected chi connectivity index (χ0v) is 15.1. The van der Waals surface area contributed by atoms with E-state index in [-0.39, 0.29) is 18.7 Å². The van der Waals surface area contributed by atoms with Crippen molar-refractivity contribution in [1.82, 2.24) is 15.4 Å². The minimum atomic E-state index is -0.0625. The van der Waals surface area contributed by atoms with Crippen molar-refractivity contribution in [2.75, 3.05) is 19.9 Å². The molecule has 0 spiro atoms. The number of aryl methyl sites for hydroxylation is 2. The van der Waals surface area contributed by atoms with E-state index < -0.39 is 0 Å². The molecule has 0 saturated carbocycles. The number of amides is 1. The van der Waals surface area contributed by atoms with Crippen LogP contribution in [0.5, 0.6) is 11.5 Å². The summed E-state index contributed by atoms with van der Waals surface area (Å²) in [4.78, 5) is 14.9. The smallest absolute Gasteiger partial charge is 0.251 e. The molecule has 0 bridgehead atoms. The lowest BCUT2D eigenvalue weighted by molar-refractivity contribution is 0.0908. The van der Waals surface area contributed by atoms with E-state index in [0.29, 0.717) is 17.1 Å². The van der Waals surface area contributed by atoms with Crippen LogP contribution in [0.2, 0.25) is 0 Å². The van der Waals surface area contributed by atoms with Crippen LogP contribution in [0.25, 0.3) is 0 Å². The molecule has 1 aromatic heterocycles. The molecule has 0 unspecified atom stereocenters. The van der Waals surface area contributed by atoms with E-state index in [4.69, 9.17) is 14.0 Å². The van der Waals surface area contributed by atoms with Gasteiger partial charge in [0.25, 0.3) is 5.91 Å². The standard InChI is InChI=1S/C19H23N3O4/c1-12-16(13(2)26-21-12)10-22-7-5-15(6-8-22)20-19(23)14-3-4-17-18(9-14)25-11-24-17/h3-4,9,15H,5-8,10-11H2,1-2H3,(H,20,23). The molecule has 4 rings (SSSR count). The maximum absolute atomic E-state index is 12.5. The Kier molecular flexibility index (Phi) is 4.55. The van der Waals surface area contributed by atoms with Crippen LogP contribution in [-0.4, -0.2) is 41.9 Å². The SMILES string of the molecule is Cc1noc(C)c1CN1CCC(NC(=O)c2ccc3c(c2)OCO3)CC1. The van der Waals surface area contributed by atoms with Crippen molar-refractivity contribution in [1.29, 1.82) is 0 Å². The van der Waals surface area contributed by atoms with Crippen molar-refractivity contribution in [3.8, 4) is 11.5 Å². The van der Waals surface area contributed by atoms with Gasteiger partial charge in [-0.3, -0.25) is 9.69 Å². The highest BCUT2D eigenvalue weighted by atomic mass is 16.7. The Morgan fingerprint density at radius 1 is 1.23 bits per heavy atom. The van der Waals surface area contributed by atoms with Gasteiger partial charge in [-0.15, -0.1) is 0 Å². The Morgan fingerprint density at radius 3 is 2.73 bits per heavy atom. The molecule has 3 heterocycles. The van der Waals surface area contributed by atoms with Crippen molar-refractivity contribution in [2.24, 2.45) is 0 Å². The van der Waals surface area contributed by atoms with Gasteiger partial charge in [-0.2, -0.15) is 0 Å². The van der Waals surface area contributed by atoms with Gasteiger partial charge in [0.2, 0.25) is 6.79 Å². The van der Waals surface area contributed by atoms with Crippen LogP contribution < -0.4 is 14.8 Å². The second-order valence-electron chi connectivity index (χ2n) is 6.89. The summed E-state index contributed by atoms with van der Waals surface area (Å²) >= 11 is 0. The molecule has 1 saturated heterocycles. The summed E-state index contributed by atoms with van der Waals surface area (Å²) in [6, 6.07) is 5.48. The first-order chi connectivity index (χ1) is 12.6. The summed E-state index contributed by atoms with van der Waals surface area (Å²) in [5.41, 5.74) is 2.74. The fourth-order valence-electron chi connectivity index (χ4n) is 3.49. The van der Waals surface area contributed by atoms with Crippen LogP contribution in [0.3, 0.4) is 0 Å². The lowest BCUT2D eigenvalue weighted by Crippen LogP contribution is -2.44. The van der Waals surface area contributed by atoms with Gasteiger partial charge in [-0.1, -0.05) is 5.16 Å². The quantitative estimate of drug-likeness (QED) is 0.906. The van der Waals surface area contributed by atoms with Gasteiger partial charge in [0.1, 0.15) is 5.76 Å². The van der Waals surface area contributed by atoms with E-state index in [1.807, 2.05) is 13.8 Å². The van der Waals surface area contributed by atoms with E-state index in [1.54, 1.807) is 18.2 Å². The predicted octanol–water partition coefficient (Wildman–Crippen LogP) is 2.41. The number of piperidine rings is 1. The Bertz CT molecular complexity index is 790. The molecule has 1 amide bonds. The Morgan fingerprint density at radius 2 is 2.00 bits per heavy atom. The average molecular weight is 357 g/mol. The van der Waals surface area contributed by atoms with E-state index in [2.05, 4.69) is 15.4 Å². The number of nitrogens with zero attached hydrogens (tertiary/aromatic N) is 2. The highest BCUT2D eigenvalue weighted by molar-refractivity contribution is 5.95. The van der Waals surface area contributed by atoms with E-state index in [0.717, 1.165) is 43.9 Å². The number of hydrogen-bond donors (Lipinski definition) is 1. The number of nitrogens with one attached hydrogen (secondary N) is 1. The highest BCUT2D eigenvalue weighted by Crippen LogP contribution is 2.32. The van der Waals surface area contributed by atoms with Gasteiger partial charge < -0.3 is 19.3 Å². The summed E-state index contributed by atoms with van der Waals surface area (Å²) in [6.07, 6.45) is 1.86. The van der Waals surface area contributed by atoms with Crippen LogP contribution in [0.15, 0.2) is 22.7 Å². The number of aromatic nitrogens is 1. The van der Waals surface area contributed by atoms with E-state index >= 15 is 0 Å². The average Bonchev–Trinajstić information content (AvgIpc) is 3.24. The normalized spacial score (nSPS) is 17.5. The number of benzene rings is 1. The second kappa shape index (κ2) is 6.99. The molecule has 0 aliphatic carbocycles. The molecule has 7 heteroatoms. The number of rotatable bonds is 4. The molecule has 0 radical (unpaired) electrons. The zero-order chi connectivity index (χ0) is 18.1. The van der Waals surface area contributed by atoms with Gasteiger partial charge >= 0.3 is 0 Å². The molecule has 1 N–H and O–H groups in total. The zero-order valence-electron chi connectivity index (χ0n) is 15.1.